The van der Waals surface area contributed by atoms with Gasteiger partial charge in [0.2, 0.25) is 0 Å². The Morgan fingerprint density at radius 1 is 1.42 bits per heavy atom. The van der Waals surface area contributed by atoms with Crippen LogP contribution in [-0.4, -0.2) is 34.5 Å². The third kappa shape index (κ3) is 4.53. The molecule has 1 saturated heterocycles. The number of carbonyl (C=O) groups is 1. The topological polar surface area (TPSA) is 55.8 Å². The zero-order valence-electron chi connectivity index (χ0n) is 10.8. The molecule has 1 aliphatic heterocycles. The highest BCUT2D eigenvalue weighted by Gasteiger charge is 2.36. The van der Waals surface area contributed by atoms with Crippen LogP contribution in [0.5, 0.6) is 0 Å². The SMILES string of the molecule is CC(=O)OC1CC(O)SC1COCc1ccccc1. The Hall–Kier alpha value is -1.04. The van der Waals surface area contributed by atoms with Gasteiger partial charge in [0.05, 0.1) is 18.5 Å². The zero-order chi connectivity index (χ0) is 13.7. The first kappa shape index (κ1) is 14.4. The van der Waals surface area contributed by atoms with Gasteiger partial charge in [0.25, 0.3) is 0 Å². The molecule has 0 bridgehead atoms. The quantitative estimate of drug-likeness (QED) is 0.837. The maximum atomic E-state index is 11.0. The van der Waals surface area contributed by atoms with Gasteiger partial charge in [0.1, 0.15) is 11.5 Å². The predicted octanol–water partition coefficient (Wildman–Crippen LogP) is 1.96. The third-order valence-electron chi connectivity index (χ3n) is 2.89. The fraction of sp³-hybridized carbons (Fsp3) is 0.500. The highest BCUT2D eigenvalue weighted by molar-refractivity contribution is 8.00. The predicted molar refractivity (Wildman–Crippen MR) is 73.7 cm³/mol. The Balaban J connectivity index is 1.79. The van der Waals surface area contributed by atoms with Crippen molar-refractivity contribution in [1.29, 1.82) is 0 Å². The van der Waals surface area contributed by atoms with E-state index in [9.17, 15) is 9.90 Å². The molecule has 0 radical (unpaired) electrons. The molecule has 0 aromatic heterocycles. The molecule has 0 aliphatic carbocycles. The van der Waals surface area contributed by atoms with E-state index < -0.39 is 5.44 Å². The first-order valence-corrected chi connectivity index (χ1v) is 7.22. The molecule has 1 heterocycles. The molecule has 4 nitrogen and oxygen atoms in total. The molecule has 1 aliphatic rings. The van der Waals surface area contributed by atoms with Crippen LogP contribution in [0.25, 0.3) is 0 Å². The van der Waals surface area contributed by atoms with Gasteiger partial charge in [-0.2, -0.15) is 0 Å². The summed E-state index contributed by atoms with van der Waals surface area (Å²) in [5, 5.41) is 9.62. The number of ether oxygens (including phenoxy) is 2. The van der Waals surface area contributed by atoms with Gasteiger partial charge in [0.15, 0.2) is 0 Å². The summed E-state index contributed by atoms with van der Waals surface area (Å²) in [5.74, 6) is -0.312. The van der Waals surface area contributed by atoms with E-state index in [0.29, 0.717) is 19.6 Å². The average molecular weight is 282 g/mol. The van der Waals surface area contributed by atoms with E-state index in [4.69, 9.17) is 9.47 Å². The van der Waals surface area contributed by atoms with Crippen molar-refractivity contribution in [3.8, 4) is 0 Å². The largest absolute Gasteiger partial charge is 0.461 e. The fourth-order valence-corrected chi connectivity index (χ4v) is 3.27. The summed E-state index contributed by atoms with van der Waals surface area (Å²) < 4.78 is 10.8. The van der Waals surface area contributed by atoms with Crippen molar-refractivity contribution >= 4 is 17.7 Å². The van der Waals surface area contributed by atoms with Crippen LogP contribution in [0.4, 0.5) is 0 Å². The van der Waals surface area contributed by atoms with Crippen LogP contribution >= 0.6 is 11.8 Å². The molecule has 0 amide bonds. The Morgan fingerprint density at radius 3 is 2.84 bits per heavy atom. The Labute approximate surface area is 117 Å². The molecule has 0 saturated carbocycles. The van der Waals surface area contributed by atoms with Gasteiger partial charge in [-0.3, -0.25) is 4.79 Å². The summed E-state index contributed by atoms with van der Waals surface area (Å²) in [6, 6.07) is 9.90. The van der Waals surface area contributed by atoms with Crippen molar-refractivity contribution in [2.24, 2.45) is 0 Å². The lowest BCUT2D eigenvalue weighted by Crippen LogP contribution is -2.27. The van der Waals surface area contributed by atoms with Gasteiger partial charge in [-0.15, -0.1) is 11.8 Å². The molecule has 3 atom stereocenters. The Bertz CT molecular complexity index is 409. The number of hydrogen-bond acceptors (Lipinski definition) is 5. The Morgan fingerprint density at radius 2 is 2.16 bits per heavy atom. The summed E-state index contributed by atoms with van der Waals surface area (Å²) in [6.45, 7) is 2.38. The molecule has 5 heteroatoms. The van der Waals surface area contributed by atoms with Crippen molar-refractivity contribution in [3.05, 3.63) is 35.9 Å². The first-order valence-electron chi connectivity index (χ1n) is 6.27. The maximum Gasteiger partial charge on any atom is 0.302 e. The van der Waals surface area contributed by atoms with Gasteiger partial charge in [-0.05, 0) is 5.56 Å². The molecular formula is C14H18O4S. The first-order chi connectivity index (χ1) is 9.15. The van der Waals surface area contributed by atoms with E-state index in [1.54, 1.807) is 0 Å². The number of aliphatic hydroxyl groups is 1. The van der Waals surface area contributed by atoms with Gasteiger partial charge in [-0.25, -0.2) is 0 Å². The number of benzene rings is 1. The van der Waals surface area contributed by atoms with E-state index in [1.165, 1.54) is 18.7 Å². The summed E-state index contributed by atoms with van der Waals surface area (Å²) >= 11 is 1.40. The standard InChI is InChI=1S/C14H18O4S/c1-10(15)18-12-7-14(16)19-13(12)9-17-8-11-5-3-2-4-6-11/h2-6,12-14,16H,7-9H2,1H3. The van der Waals surface area contributed by atoms with Crippen molar-refractivity contribution in [2.75, 3.05) is 6.61 Å². The molecule has 0 spiro atoms. The zero-order valence-corrected chi connectivity index (χ0v) is 11.6. The van der Waals surface area contributed by atoms with E-state index in [-0.39, 0.29) is 17.3 Å². The number of carbonyl (C=O) groups excluding carboxylic acids is 1. The van der Waals surface area contributed by atoms with Crippen LogP contribution in [0.2, 0.25) is 0 Å². The second kappa shape index (κ2) is 6.93. The van der Waals surface area contributed by atoms with Crippen LogP contribution in [-0.2, 0) is 20.9 Å². The van der Waals surface area contributed by atoms with E-state index in [0.717, 1.165) is 5.56 Å². The highest BCUT2D eigenvalue weighted by Crippen LogP contribution is 2.34. The molecule has 2 rings (SSSR count). The van der Waals surface area contributed by atoms with Crippen molar-refractivity contribution in [1.82, 2.24) is 0 Å². The number of rotatable bonds is 5. The molecule has 1 aromatic carbocycles. The fourth-order valence-electron chi connectivity index (χ4n) is 2.05. The normalized spacial score (nSPS) is 26.3. The Kier molecular flexibility index (Phi) is 5.24. The number of aliphatic hydroxyl groups excluding tert-OH is 1. The van der Waals surface area contributed by atoms with Crippen LogP contribution in [0.1, 0.15) is 18.9 Å². The number of esters is 1. The van der Waals surface area contributed by atoms with Gasteiger partial charge < -0.3 is 14.6 Å². The summed E-state index contributed by atoms with van der Waals surface area (Å²) in [7, 11) is 0. The van der Waals surface area contributed by atoms with Crippen molar-refractivity contribution < 1.29 is 19.4 Å². The minimum atomic E-state index is -0.477. The second-order valence-corrected chi connectivity index (χ2v) is 5.94. The van der Waals surface area contributed by atoms with Crippen LogP contribution < -0.4 is 0 Å². The smallest absolute Gasteiger partial charge is 0.302 e. The molecule has 19 heavy (non-hydrogen) atoms. The van der Waals surface area contributed by atoms with E-state index in [1.807, 2.05) is 30.3 Å². The number of thioether (sulfide) groups is 1. The second-order valence-electron chi connectivity index (χ2n) is 4.51. The lowest BCUT2D eigenvalue weighted by molar-refractivity contribution is -0.147. The van der Waals surface area contributed by atoms with Crippen LogP contribution in [0.3, 0.4) is 0 Å². The summed E-state index contributed by atoms with van der Waals surface area (Å²) in [4.78, 5) is 11.0. The molecule has 1 fully saturated rings. The van der Waals surface area contributed by atoms with E-state index >= 15 is 0 Å². The molecule has 3 unspecified atom stereocenters. The molecule has 1 aromatic rings. The maximum absolute atomic E-state index is 11.0. The van der Waals surface area contributed by atoms with E-state index in [2.05, 4.69) is 0 Å². The van der Waals surface area contributed by atoms with Gasteiger partial charge >= 0.3 is 5.97 Å². The lowest BCUT2D eigenvalue weighted by atomic mass is 10.2. The minimum absolute atomic E-state index is 0.00242. The van der Waals surface area contributed by atoms with Gasteiger partial charge in [0, 0.05) is 13.3 Å². The summed E-state index contributed by atoms with van der Waals surface area (Å²) in [6.07, 6.45) is 0.220. The van der Waals surface area contributed by atoms with Gasteiger partial charge in [-0.1, -0.05) is 30.3 Å². The monoisotopic (exact) mass is 282 g/mol. The molecular weight excluding hydrogens is 264 g/mol. The average Bonchev–Trinajstić information content (AvgIpc) is 2.70. The number of hydrogen-bond donors (Lipinski definition) is 1. The van der Waals surface area contributed by atoms with Crippen molar-refractivity contribution in [3.63, 3.8) is 0 Å². The highest BCUT2D eigenvalue weighted by atomic mass is 32.2. The minimum Gasteiger partial charge on any atom is -0.461 e. The van der Waals surface area contributed by atoms with Crippen molar-refractivity contribution in [2.45, 2.75) is 36.7 Å². The van der Waals surface area contributed by atoms with Crippen LogP contribution in [0, 0.1) is 0 Å². The lowest BCUT2D eigenvalue weighted by Gasteiger charge is -2.18. The van der Waals surface area contributed by atoms with Crippen LogP contribution in [0.15, 0.2) is 30.3 Å². The molecule has 104 valence electrons. The third-order valence-corrected chi connectivity index (χ3v) is 4.19. The summed E-state index contributed by atoms with van der Waals surface area (Å²) in [5.41, 5.74) is 0.629. The molecule has 1 N–H and O–H groups in total.